The van der Waals surface area contributed by atoms with Crippen molar-refractivity contribution in [1.82, 2.24) is 25.0 Å². The third-order valence-corrected chi connectivity index (χ3v) is 3.01. The zero-order valence-electron chi connectivity index (χ0n) is 11.2. The highest BCUT2D eigenvalue weighted by Gasteiger charge is 2.14. The second kappa shape index (κ2) is 5.20. The van der Waals surface area contributed by atoms with Crippen LogP contribution in [0.5, 0.6) is 0 Å². The largest absolute Gasteiger partial charge is 0.461 e. The molecule has 0 saturated heterocycles. The average molecular weight is 272 g/mol. The normalized spacial score (nSPS) is 11.1. The van der Waals surface area contributed by atoms with Gasteiger partial charge in [-0.2, -0.15) is 10.2 Å². The molecule has 7 heteroatoms. The molecule has 0 aliphatic heterocycles. The van der Waals surface area contributed by atoms with E-state index in [2.05, 4.69) is 27.2 Å². The van der Waals surface area contributed by atoms with Crippen LogP contribution in [-0.2, 0) is 6.54 Å². The van der Waals surface area contributed by atoms with Crippen molar-refractivity contribution in [2.45, 2.75) is 26.3 Å². The molecule has 0 fully saturated rings. The van der Waals surface area contributed by atoms with Crippen molar-refractivity contribution in [3.8, 4) is 23.0 Å². The summed E-state index contributed by atoms with van der Waals surface area (Å²) < 4.78 is 7.10. The standard InChI is InChI=1S/C13H16N6O/c1-2-3-6-19-8-9(11(14)18-19)12-15-13(17-16-12)10-5-4-7-20-10/h4-5,7-8H,2-3,6H2,1H3,(H2,14,18)(H,15,16,17). The Labute approximate surface area is 115 Å². The zero-order valence-corrected chi connectivity index (χ0v) is 11.2. The van der Waals surface area contributed by atoms with Gasteiger partial charge in [-0.3, -0.25) is 9.78 Å². The van der Waals surface area contributed by atoms with Gasteiger partial charge in [0.25, 0.3) is 0 Å². The van der Waals surface area contributed by atoms with Crippen LogP contribution in [0.4, 0.5) is 5.82 Å². The summed E-state index contributed by atoms with van der Waals surface area (Å²) in [5.74, 6) is 2.18. The Morgan fingerprint density at radius 3 is 3.10 bits per heavy atom. The van der Waals surface area contributed by atoms with Gasteiger partial charge in [-0.1, -0.05) is 13.3 Å². The molecule has 3 rings (SSSR count). The van der Waals surface area contributed by atoms with Gasteiger partial charge in [-0.05, 0) is 18.6 Å². The fourth-order valence-electron chi connectivity index (χ4n) is 1.95. The van der Waals surface area contributed by atoms with Gasteiger partial charge in [-0.15, -0.1) is 0 Å². The minimum absolute atomic E-state index is 0.436. The number of nitrogen functional groups attached to an aromatic ring is 1. The molecule has 0 spiro atoms. The number of nitrogens with two attached hydrogens (primary N) is 1. The van der Waals surface area contributed by atoms with Crippen LogP contribution in [-0.4, -0.2) is 25.0 Å². The van der Waals surface area contributed by atoms with Gasteiger partial charge in [0, 0.05) is 12.7 Å². The summed E-state index contributed by atoms with van der Waals surface area (Å²) in [6.45, 7) is 2.98. The zero-order chi connectivity index (χ0) is 13.9. The van der Waals surface area contributed by atoms with Crippen molar-refractivity contribution in [2.24, 2.45) is 0 Å². The van der Waals surface area contributed by atoms with Crippen LogP contribution in [0.25, 0.3) is 23.0 Å². The maximum atomic E-state index is 5.92. The number of nitrogens with zero attached hydrogens (tertiary/aromatic N) is 4. The van der Waals surface area contributed by atoms with Crippen LogP contribution in [0.2, 0.25) is 0 Å². The monoisotopic (exact) mass is 272 g/mol. The SMILES string of the molecule is CCCCn1cc(-c2n[nH]c(-c3ccco3)n2)c(N)n1. The van der Waals surface area contributed by atoms with E-state index in [4.69, 9.17) is 10.2 Å². The van der Waals surface area contributed by atoms with E-state index in [1.54, 1.807) is 12.3 Å². The first-order chi connectivity index (χ1) is 9.78. The van der Waals surface area contributed by atoms with E-state index >= 15 is 0 Å². The molecule has 0 bridgehead atoms. The van der Waals surface area contributed by atoms with Crippen molar-refractivity contribution in [3.05, 3.63) is 24.6 Å². The van der Waals surface area contributed by atoms with Crippen molar-refractivity contribution in [2.75, 3.05) is 5.73 Å². The number of aryl methyl sites for hydroxylation is 1. The Balaban J connectivity index is 1.87. The van der Waals surface area contributed by atoms with E-state index in [1.165, 1.54) is 0 Å². The molecule has 3 N–H and O–H groups in total. The molecule has 0 saturated carbocycles. The van der Waals surface area contributed by atoms with Crippen LogP contribution in [0.1, 0.15) is 19.8 Å². The van der Waals surface area contributed by atoms with Crippen LogP contribution in [0.15, 0.2) is 29.0 Å². The van der Waals surface area contributed by atoms with Gasteiger partial charge >= 0.3 is 0 Å². The molecule has 0 aliphatic rings. The third kappa shape index (κ3) is 2.29. The van der Waals surface area contributed by atoms with Gasteiger partial charge in [0.2, 0.25) is 0 Å². The van der Waals surface area contributed by atoms with Crippen LogP contribution in [0.3, 0.4) is 0 Å². The first-order valence-electron chi connectivity index (χ1n) is 6.57. The molecule has 0 atom stereocenters. The van der Waals surface area contributed by atoms with Crippen LogP contribution >= 0.6 is 0 Å². The van der Waals surface area contributed by atoms with E-state index in [0.29, 0.717) is 23.2 Å². The predicted molar refractivity (Wildman–Crippen MR) is 74.6 cm³/mol. The van der Waals surface area contributed by atoms with Gasteiger partial charge in [0.1, 0.15) is 0 Å². The Bertz CT molecular complexity index is 682. The first kappa shape index (κ1) is 12.5. The molecule has 3 aromatic rings. The molecule has 0 amide bonds. The minimum Gasteiger partial charge on any atom is -0.461 e. The summed E-state index contributed by atoms with van der Waals surface area (Å²) in [6, 6.07) is 3.62. The first-order valence-corrected chi connectivity index (χ1v) is 6.57. The summed E-state index contributed by atoms with van der Waals surface area (Å²) in [5.41, 5.74) is 6.66. The number of furan rings is 1. The smallest absolute Gasteiger partial charge is 0.192 e. The molecule has 7 nitrogen and oxygen atoms in total. The van der Waals surface area contributed by atoms with Crippen molar-refractivity contribution < 1.29 is 4.42 Å². The summed E-state index contributed by atoms with van der Waals surface area (Å²) in [6.07, 6.45) is 5.64. The lowest BCUT2D eigenvalue weighted by atomic mass is 10.3. The number of hydrogen-bond donors (Lipinski definition) is 2. The number of unbranched alkanes of at least 4 members (excludes halogenated alkanes) is 1. The van der Waals surface area contributed by atoms with Gasteiger partial charge in [0.05, 0.1) is 11.8 Å². The van der Waals surface area contributed by atoms with E-state index < -0.39 is 0 Å². The highest BCUT2D eigenvalue weighted by molar-refractivity contribution is 5.68. The highest BCUT2D eigenvalue weighted by atomic mass is 16.3. The fourth-order valence-corrected chi connectivity index (χ4v) is 1.95. The molecular weight excluding hydrogens is 256 g/mol. The van der Waals surface area contributed by atoms with Gasteiger partial charge in [-0.25, -0.2) is 4.98 Å². The lowest BCUT2D eigenvalue weighted by Gasteiger charge is -1.96. The van der Waals surface area contributed by atoms with Gasteiger partial charge < -0.3 is 10.2 Å². The maximum absolute atomic E-state index is 5.92. The molecular formula is C13H16N6O. The minimum atomic E-state index is 0.436. The lowest BCUT2D eigenvalue weighted by Crippen LogP contribution is -1.98. The van der Waals surface area contributed by atoms with E-state index in [9.17, 15) is 0 Å². The summed E-state index contributed by atoms with van der Waals surface area (Å²) in [4.78, 5) is 4.38. The van der Waals surface area contributed by atoms with E-state index in [0.717, 1.165) is 24.9 Å². The molecule has 3 aromatic heterocycles. The lowest BCUT2D eigenvalue weighted by molar-refractivity contribution is 0.574. The van der Waals surface area contributed by atoms with Crippen molar-refractivity contribution in [1.29, 1.82) is 0 Å². The Morgan fingerprint density at radius 2 is 2.35 bits per heavy atom. The number of rotatable bonds is 5. The fraction of sp³-hybridized carbons (Fsp3) is 0.308. The molecule has 0 aliphatic carbocycles. The third-order valence-electron chi connectivity index (χ3n) is 3.01. The number of hydrogen-bond acceptors (Lipinski definition) is 5. The topological polar surface area (TPSA) is 98.5 Å². The second-order valence-corrected chi connectivity index (χ2v) is 4.53. The second-order valence-electron chi connectivity index (χ2n) is 4.53. The van der Waals surface area contributed by atoms with Crippen molar-refractivity contribution >= 4 is 5.82 Å². The quantitative estimate of drug-likeness (QED) is 0.742. The number of anilines is 1. The molecule has 0 radical (unpaired) electrons. The van der Waals surface area contributed by atoms with Crippen molar-refractivity contribution in [3.63, 3.8) is 0 Å². The number of aromatic amines is 1. The highest BCUT2D eigenvalue weighted by Crippen LogP contribution is 2.24. The Kier molecular flexibility index (Phi) is 3.24. The summed E-state index contributed by atoms with van der Waals surface area (Å²) in [7, 11) is 0. The number of aromatic nitrogens is 5. The molecule has 0 unspecified atom stereocenters. The number of H-pyrrole nitrogens is 1. The maximum Gasteiger partial charge on any atom is 0.192 e. The van der Waals surface area contributed by atoms with Crippen LogP contribution < -0.4 is 5.73 Å². The van der Waals surface area contributed by atoms with Gasteiger partial charge in [0.15, 0.2) is 23.2 Å². The summed E-state index contributed by atoms with van der Waals surface area (Å²) >= 11 is 0. The molecule has 0 aromatic carbocycles. The number of nitrogens with one attached hydrogen (secondary N) is 1. The molecule has 3 heterocycles. The Hall–Kier alpha value is -2.57. The van der Waals surface area contributed by atoms with Crippen LogP contribution in [0, 0.1) is 0 Å². The molecule has 20 heavy (non-hydrogen) atoms. The molecule has 104 valence electrons. The Morgan fingerprint density at radius 1 is 1.45 bits per heavy atom. The van der Waals surface area contributed by atoms with E-state index in [-0.39, 0.29) is 0 Å². The van der Waals surface area contributed by atoms with E-state index in [1.807, 2.05) is 16.9 Å². The summed E-state index contributed by atoms with van der Waals surface area (Å²) in [5, 5.41) is 11.3. The average Bonchev–Trinajstić information content (AvgIpc) is 3.16. The predicted octanol–water partition coefficient (Wildman–Crippen LogP) is 2.31.